The molecule has 0 unspecified atom stereocenters. The smallest absolute Gasteiger partial charge is 0.344 e. The van der Waals surface area contributed by atoms with Gasteiger partial charge in [0.2, 0.25) is 0 Å². The Bertz CT molecular complexity index is 2550. The predicted molar refractivity (Wildman–Crippen MR) is 181 cm³/mol. The molecule has 0 amide bonds. The van der Waals surface area contributed by atoms with Gasteiger partial charge < -0.3 is 23.0 Å². The maximum atomic E-state index is 14.3. The number of non-ortho nitro benzene ring substituents is 2. The maximum Gasteiger partial charge on any atom is 0.344 e. The molecule has 3 heterocycles. The average Bonchev–Trinajstić information content (AvgIpc) is 3.67. The molecule has 0 saturated heterocycles. The highest BCUT2D eigenvalue weighted by Crippen LogP contribution is 2.43. The molecule has 0 aliphatic heterocycles. The number of nitro groups is 2. The lowest BCUT2D eigenvalue weighted by Gasteiger charge is -2.14. The molecule has 0 bridgehead atoms. The summed E-state index contributed by atoms with van der Waals surface area (Å²) < 4.78 is 29.2. The molecule has 13 nitrogen and oxygen atoms in total. The standard InChI is InChI=1S/C34H19Cl2N3O10/c1-45-27-9-5-18(30-21-11-16(38(41)42)3-7-25(21)47-32(27)30)29(13-20-23(35)14-37-15-24(20)36)49-34(40)19-6-10-28(46-2)33-31(19)22-12-17(39(43)44)4-8-26(22)48-33/h3-15H,1-2H3. The molecule has 0 aliphatic rings. The topological polar surface area (TPSA) is 170 Å². The number of methoxy groups -OCH3 is 2. The Morgan fingerprint density at radius 1 is 0.755 bits per heavy atom. The van der Waals surface area contributed by atoms with E-state index in [0.29, 0.717) is 22.1 Å². The number of halogens is 2. The molecule has 0 saturated carbocycles. The van der Waals surface area contributed by atoms with Crippen molar-refractivity contribution in [3.05, 3.63) is 120 Å². The number of benzene rings is 4. The third-order valence-electron chi connectivity index (χ3n) is 7.85. The van der Waals surface area contributed by atoms with Crippen LogP contribution in [0.25, 0.3) is 55.7 Å². The van der Waals surface area contributed by atoms with Crippen LogP contribution in [0, 0.1) is 20.2 Å². The summed E-state index contributed by atoms with van der Waals surface area (Å²) in [6.45, 7) is 0. The maximum absolute atomic E-state index is 14.3. The van der Waals surface area contributed by atoms with Crippen molar-refractivity contribution in [2.45, 2.75) is 0 Å². The van der Waals surface area contributed by atoms with E-state index in [4.69, 9.17) is 46.2 Å². The van der Waals surface area contributed by atoms with E-state index in [1.54, 1.807) is 12.1 Å². The van der Waals surface area contributed by atoms with Crippen LogP contribution in [0.3, 0.4) is 0 Å². The van der Waals surface area contributed by atoms with Crippen LogP contribution in [-0.4, -0.2) is 35.0 Å². The van der Waals surface area contributed by atoms with Gasteiger partial charge in [-0.3, -0.25) is 25.2 Å². The van der Waals surface area contributed by atoms with Crippen LogP contribution < -0.4 is 9.47 Å². The van der Waals surface area contributed by atoms with E-state index in [1.807, 2.05) is 0 Å². The fourth-order valence-corrected chi connectivity index (χ4v) is 6.09. The number of fused-ring (bicyclic) bond motifs is 6. The number of esters is 1. The number of carbonyl (C=O) groups is 1. The Morgan fingerprint density at radius 3 is 1.73 bits per heavy atom. The largest absolute Gasteiger partial charge is 0.493 e. The minimum absolute atomic E-state index is 0.00897. The lowest BCUT2D eigenvalue weighted by molar-refractivity contribution is -0.384. The highest BCUT2D eigenvalue weighted by atomic mass is 35.5. The van der Waals surface area contributed by atoms with Crippen molar-refractivity contribution in [1.82, 2.24) is 4.98 Å². The van der Waals surface area contributed by atoms with Gasteiger partial charge in [-0.25, -0.2) is 4.79 Å². The summed E-state index contributed by atoms with van der Waals surface area (Å²) in [4.78, 5) is 40.5. The molecule has 0 atom stereocenters. The second-order valence-electron chi connectivity index (χ2n) is 10.5. The first-order valence-corrected chi connectivity index (χ1v) is 14.9. The van der Waals surface area contributed by atoms with Crippen LogP contribution >= 0.6 is 23.2 Å². The number of rotatable bonds is 8. The molecule has 7 rings (SSSR count). The predicted octanol–water partition coefficient (Wildman–Crippen LogP) is 9.38. The summed E-state index contributed by atoms with van der Waals surface area (Å²) >= 11 is 13.0. The summed E-state index contributed by atoms with van der Waals surface area (Å²) in [5, 5.41) is 24.8. The number of hydrogen-bond acceptors (Lipinski definition) is 11. The highest BCUT2D eigenvalue weighted by molar-refractivity contribution is 6.37. The van der Waals surface area contributed by atoms with Gasteiger partial charge in [0.15, 0.2) is 22.7 Å². The number of aromatic nitrogens is 1. The fraction of sp³-hybridized carbons (Fsp3) is 0.0588. The number of nitro benzene ring substituents is 2. The lowest BCUT2D eigenvalue weighted by Crippen LogP contribution is -2.06. The van der Waals surface area contributed by atoms with Crippen LogP contribution in [0.4, 0.5) is 11.4 Å². The van der Waals surface area contributed by atoms with Crippen LogP contribution in [0.2, 0.25) is 10.0 Å². The first-order valence-electron chi connectivity index (χ1n) is 14.2. The van der Waals surface area contributed by atoms with Gasteiger partial charge in [0, 0.05) is 69.3 Å². The van der Waals surface area contributed by atoms with E-state index >= 15 is 0 Å². The van der Waals surface area contributed by atoms with Gasteiger partial charge in [0.1, 0.15) is 16.9 Å². The molecule has 0 aliphatic carbocycles. The van der Waals surface area contributed by atoms with Gasteiger partial charge in [-0.05, 0) is 42.5 Å². The number of furan rings is 2. The van der Waals surface area contributed by atoms with Crippen molar-refractivity contribution in [3.63, 3.8) is 0 Å². The van der Waals surface area contributed by atoms with Crippen molar-refractivity contribution in [2.75, 3.05) is 14.2 Å². The Hall–Kier alpha value is -6.18. The van der Waals surface area contributed by atoms with Crippen LogP contribution in [0.5, 0.6) is 11.5 Å². The Kier molecular flexibility index (Phi) is 7.77. The van der Waals surface area contributed by atoms with Crippen molar-refractivity contribution in [3.8, 4) is 11.5 Å². The SMILES string of the molecule is COc1ccc(C(=O)OC(=Cc2c(Cl)cncc2Cl)c2ccc(OC)c3oc4ccc([N+](=O)[O-])cc4c23)c2c1oc1ccc([N+](=O)[O-])cc12. The molecule has 0 radical (unpaired) electrons. The molecule has 244 valence electrons. The van der Waals surface area contributed by atoms with Crippen LogP contribution in [0.15, 0.2) is 81.9 Å². The number of pyridine rings is 1. The zero-order chi connectivity index (χ0) is 34.6. The van der Waals surface area contributed by atoms with E-state index in [-0.39, 0.29) is 77.1 Å². The Labute approximate surface area is 284 Å². The minimum atomic E-state index is -0.892. The molecule has 0 fully saturated rings. The zero-order valence-electron chi connectivity index (χ0n) is 25.2. The van der Waals surface area contributed by atoms with Crippen molar-refractivity contribution in [2.24, 2.45) is 0 Å². The molecule has 15 heteroatoms. The summed E-state index contributed by atoms with van der Waals surface area (Å²) in [6.07, 6.45) is 4.15. The third-order valence-corrected chi connectivity index (χ3v) is 8.45. The average molecular weight is 700 g/mol. The second-order valence-corrected chi connectivity index (χ2v) is 11.3. The van der Waals surface area contributed by atoms with Gasteiger partial charge in [0.25, 0.3) is 11.4 Å². The molecule has 4 aromatic carbocycles. The summed E-state index contributed by atoms with van der Waals surface area (Å²) in [7, 11) is 2.85. The van der Waals surface area contributed by atoms with E-state index in [0.717, 1.165) is 0 Å². The van der Waals surface area contributed by atoms with E-state index < -0.39 is 15.8 Å². The highest BCUT2D eigenvalue weighted by Gasteiger charge is 2.26. The normalized spacial score (nSPS) is 11.8. The van der Waals surface area contributed by atoms with Gasteiger partial charge in [-0.2, -0.15) is 0 Å². The number of ether oxygens (including phenoxy) is 3. The van der Waals surface area contributed by atoms with Crippen LogP contribution in [-0.2, 0) is 4.74 Å². The van der Waals surface area contributed by atoms with Crippen molar-refractivity contribution >= 4 is 96.3 Å². The van der Waals surface area contributed by atoms with Crippen molar-refractivity contribution < 1.29 is 37.7 Å². The van der Waals surface area contributed by atoms with Gasteiger partial charge >= 0.3 is 5.97 Å². The number of carbonyl (C=O) groups excluding carboxylic acids is 1. The summed E-state index contributed by atoms with van der Waals surface area (Å²) in [5.74, 6) is -0.381. The molecule has 3 aromatic heterocycles. The Morgan fingerprint density at radius 2 is 1.24 bits per heavy atom. The molecule has 49 heavy (non-hydrogen) atoms. The van der Waals surface area contributed by atoms with Gasteiger partial charge in [-0.1, -0.05) is 23.2 Å². The second kappa shape index (κ2) is 12.1. The van der Waals surface area contributed by atoms with Gasteiger partial charge in [-0.15, -0.1) is 0 Å². The molecule has 7 aromatic rings. The van der Waals surface area contributed by atoms with Crippen molar-refractivity contribution in [1.29, 1.82) is 0 Å². The number of hydrogen-bond donors (Lipinski definition) is 0. The molecular weight excluding hydrogens is 681 g/mol. The summed E-state index contributed by atoms with van der Waals surface area (Å²) in [6, 6.07) is 14.2. The Balaban J connectivity index is 1.49. The van der Waals surface area contributed by atoms with Gasteiger partial charge in [0.05, 0.1) is 39.7 Å². The zero-order valence-corrected chi connectivity index (χ0v) is 26.7. The number of nitrogens with zero attached hydrogens (tertiary/aromatic N) is 3. The quantitative estimate of drug-likeness (QED) is 0.0640. The first-order chi connectivity index (χ1) is 23.6. The van der Waals surface area contributed by atoms with E-state index in [9.17, 15) is 25.0 Å². The molecule has 0 spiro atoms. The first kappa shape index (κ1) is 31.4. The van der Waals surface area contributed by atoms with E-state index in [2.05, 4.69) is 4.98 Å². The monoisotopic (exact) mass is 699 g/mol. The van der Waals surface area contributed by atoms with E-state index in [1.165, 1.54) is 81.2 Å². The minimum Gasteiger partial charge on any atom is -0.493 e. The lowest BCUT2D eigenvalue weighted by atomic mass is 10.0. The van der Waals surface area contributed by atoms with Crippen LogP contribution in [0.1, 0.15) is 21.5 Å². The molecule has 0 N–H and O–H groups in total. The third kappa shape index (κ3) is 5.30. The summed E-state index contributed by atoms with van der Waals surface area (Å²) in [5.41, 5.74) is 1.06. The fourth-order valence-electron chi connectivity index (χ4n) is 5.62. The molecular formula is C34H19Cl2N3O10.